The van der Waals surface area contributed by atoms with E-state index in [9.17, 15) is 0 Å². The summed E-state index contributed by atoms with van der Waals surface area (Å²) in [5, 5.41) is 4.87. The SMILES string of the molecule is c1ccc(-c2nc(-c3ccccc3)nc(-c3c(-c4ccccc4)cc(-n4c5ccccc5c5cc(-n6c7ccccc7c7ccccc76)ccc54)cc3-c3ccccc3)n2)cc1. The Morgan fingerprint density at radius 1 is 0.258 bits per heavy atom. The summed E-state index contributed by atoms with van der Waals surface area (Å²) in [6.45, 7) is 0. The Morgan fingerprint density at radius 2 is 0.613 bits per heavy atom. The lowest BCUT2D eigenvalue weighted by Gasteiger charge is -2.20. The molecule has 0 amide bonds. The number of nitrogens with zero attached hydrogens (tertiary/aromatic N) is 5. The molecule has 0 aliphatic heterocycles. The monoisotopic (exact) mass is 791 g/mol. The first kappa shape index (κ1) is 35.5. The van der Waals surface area contributed by atoms with Crippen LogP contribution >= 0.6 is 0 Å². The maximum atomic E-state index is 5.31. The van der Waals surface area contributed by atoms with E-state index in [1.165, 1.54) is 32.6 Å². The Morgan fingerprint density at radius 3 is 1.08 bits per heavy atom. The van der Waals surface area contributed by atoms with E-state index in [0.717, 1.165) is 61.4 Å². The highest BCUT2D eigenvalue weighted by Gasteiger charge is 2.24. The Hall–Kier alpha value is -8.41. The first-order valence-corrected chi connectivity index (χ1v) is 21.0. The van der Waals surface area contributed by atoms with Crippen molar-refractivity contribution >= 4 is 43.6 Å². The number of para-hydroxylation sites is 3. The first-order chi connectivity index (χ1) is 30.8. The lowest BCUT2D eigenvalue weighted by Crippen LogP contribution is -2.04. The number of benzene rings is 9. The molecule has 12 rings (SSSR count). The van der Waals surface area contributed by atoms with Gasteiger partial charge in [0, 0.05) is 49.6 Å². The maximum absolute atomic E-state index is 5.31. The van der Waals surface area contributed by atoms with Gasteiger partial charge >= 0.3 is 0 Å². The molecule has 0 unspecified atom stereocenters. The zero-order valence-electron chi connectivity index (χ0n) is 33.6. The molecule has 0 atom stereocenters. The van der Waals surface area contributed by atoms with Crippen LogP contribution < -0.4 is 0 Å². The van der Waals surface area contributed by atoms with Gasteiger partial charge in [-0.2, -0.15) is 0 Å². The van der Waals surface area contributed by atoms with E-state index in [-0.39, 0.29) is 0 Å². The molecule has 0 saturated heterocycles. The van der Waals surface area contributed by atoms with E-state index in [4.69, 9.17) is 15.0 Å². The summed E-state index contributed by atoms with van der Waals surface area (Å²) < 4.78 is 4.81. The summed E-state index contributed by atoms with van der Waals surface area (Å²) in [6, 6.07) is 79.3. The summed E-state index contributed by atoms with van der Waals surface area (Å²) in [5.41, 5.74) is 13.8. The van der Waals surface area contributed by atoms with Crippen LogP contribution in [0, 0.1) is 0 Å². The van der Waals surface area contributed by atoms with Gasteiger partial charge in [-0.25, -0.2) is 15.0 Å². The molecule has 0 bridgehead atoms. The van der Waals surface area contributed by atoms with Gasteiger partial charge in [-0.15, -0.1) is 0 Å². The van der Waals surface area contributed by atoms with E-state index in [2.05, 4.69) is 197 Å². The third kappa shape index (κ3) is 5.90. The Kier molecular flexibility index (Phi) is 8.42. The quantitative estimate of drug-likeness (QED) is 0.162. The molecule has 0 radical (unpaired) electrons. The fourth-order valence-corrected chi connectivity index (χ4v) is 9.19. The number of aromatic nitrogens is 5. The molecule has 0 aliphatic carbocycles. The Labute approximate surface area is 358 Å². The van der Waals surface area contributed by atoms with Crippen molar-refractivity contribution in [2.45, 2.75) is 0 Å². The van der Waals surface area contributed by atoms with E-state index >= 15 is 0 Å². The molecule has 0 aliphatic rings. The average molecular weight is 792 g/mol. The molecule has 3 aromatic heterocycles. The van der Waals surface area contributed by atoms with Crippen LogP contribution in [0.5, 0.6) is 0 Å². The van der Waals surface area contributed by atoms with Crippen molar-refractivity contribution in [1.82, 2.24) is 24.1 Å². The van der Waals surface area contributed by atoms with Gasteiger partial charge in [0.15, 0.2) is 17.5 Å². The van der Waals surface area contributed by atoms with Crippen molar-refractivity contribution in [1.29, 1.82) is 0 Å². The van der Waals surface area contributed by atoms with Crippen LogP contribution in [0.2, 0.25) is 0 Å². The summed E-state index contributed by atoms with van der Waals surface area (Å²) in [4.78, 5) is 15.7. The lowest BCUT2D eigenvalue weighted by molar-refractivity contribution is 1.07. The summed E-state index contributed by atoms with van der Waals surface area (Å²) in [6.07, 6.45) is 0. The molecular weight excluding hydrogens is 755 g/mol. The average Bonchev–Trinajstić information content (AvgIpc) is 3.87. The highest BCUT2D eigenvalue weighted by molar-refractivity contribution is 6.12. The molecule has 62 heavy (non-hydrogen) atoms. The van der Waals surface area contributed by atoms with Crippen molar-refractivity contribution in [2.24, 2.45) is 0 Å². The first-order valence-electron chi connectivity index (χ1n) is 21.0. The molecule has 0 spiro atoms. The highest BCUT2D eigenvalue weighted by atomic mass is 15.0. The number of fused-ring (bicyclic) bond motifs is 6. The van der Waals surface area contributed by atoms with Gasteiger partial charge in [0.05, 0.1) is 22.1 Å². The van der Waals surface area contributed by atoms with Crippen LogP contribution in [0.15, 0.2) is 224 Å². The van der Waals surface area contributed by atoms with Gasteiger partial charge in [-0.3, -0.25) is 0 Å². The second-order valence-corrected chi connectivity index (χ2v) is 15.6. The van der Waals surface area contributed by atoms with Crippen LogP contribution in [-0.4, -0.2) is 24.1 Å². The molecule has 5 nitrogen and oxygen atoms in total. The van der Waals surface area contributed by atoms with E-state index in [0.29, 0.717) is 17.5 Å². The summed E-state index contributed by atoms with van der Waals surface area (Å²) in [5.74, 6) is 1.86. The fourth-order valence-electron chi connectivity index (χ4n) is 9.19. The number of hydrogen-bond donors (Lipinski definition) is 0. The molecule has 0 N–H and O–H groups in total. The predicted molar refractivity (Wildman–Crippen MR) is 256 cm³/mol. The molecule has 5 heteroatoms. The lowest BCUT2D eigenvalue weighted by atomic mass is 9.90. The highest BCUT2D eigenvalue weighted by Crippen LogP contribution is 2.44. The number of rotatable bonds is 7. The standard InChI is InChI=1S/C57H37N5/c1-5-19-38(20-6-1)47-36-43(37-48(39-21-7-2-8-22-39)54(47)57-59-55(40-23-9-3-10-24-40)58-56(60-57)41-25-11-4-12-26-41)62-52-32-18-15-29-46(52)49-35-42(33-34-53(49)62)61-50-30-16-13-27-44(50)45-28-14-17-31-51(45)61/h1-37H. The van der Waals surface area contributed by atoms with E-state index in [1.807, 2.05) is 36.4 Å². The van der Waals surface area contributed by atoms with Crippen LogP contribution in [0.3, 0.4) is 0 Å². The van der Waals surface area contributed by atoms with Crippen LogP contribution in [0.4, 0.5) is 0 Å². The molecule has 3 heterocycles. The second kappa shape index (κ2) is 14.7. The van der Waals surface area contributed by atoms with Crippen molar-refractivity contribution in [3.8, 4) is 67.8 Å². The molecule has 9 aromatic carbocycles. The van der Waals surface area contributed by atoms with Gasteiger partial charge in [0.2, 0.25) is 0 Å². The fraction of sp³-hybridized carbons (Fsp3) is 0. The van der Waals surface area contributed by atoms with Crippen molar-refractivity contribution in [3.05, 3.63) is 224 Å². The van der Waals surface area contributed by atoms with Crippen molar-refractivity contribution in [3.63, 3.8) is 0 Å². The van der Waals surface area contributed by atoms with Crippen LogP contribution in [0.25, 0.3) is 111 Å². The smallest absolute Gasteiger partial charge is 0.165 e. The molecule has 0 fully saturated rings. The minimum absolute atomic E-state index is 0.611. The van der Waals surface area contributed by atoms with Crippen LogP contribution in [0.1, 0.15) is 0 Å². The predicted octanol–water partition coefficient (Wildman–Crippen LogP) is 14.4. The third-order valence-electron chi connectivity index (χ3n) is 12.0. The summed E-state index contributed by atoms with van der Waals surface area (Å²) >= 11 is 0. The molecule has 12 aromatic rings. The minimum atomic E-state index is 0.611. The summed E-state index contributed by atoms with van der Waals surface area (Å²) in [7, 11) is 0. The van der Waals surface area contributed by atoms with Gasteiger partial charge in [0.25, 0.3) is 0 Å². The third-order valence-corrected chi connectivity index (χ3v) is 12.0. The van der Waals surface area contributed by atoms with Crippen LogP contribution in [-0.2, 0) is 0 Å². The number of hydrogen-bond acceptors (Lipinski definition) is 3. The van der Waals surface area contributed by atoms with Gasteiger partial charge < -0.3 is 9.13 Å². The Balaban J connectivity index is 1.15. The van der Waals surface area contributed by atoms with Crippen molar-refractivity contribution < 1.29 is 0 Å². The minimum Gasteiger partial charge on any atom is -0.309 e. The van der Waals surface area contributed by atoms with Gasteiger partial charge in [0.1, 0.15) is 0 Å². The Bertz CT molecular complexity index is 3440. The zero-order chi connectivity index (χ0) is 41.0. The largest absolute Gasteiger partial charge is 0.309 e. The van der Waals surface area contributed by atoms with Crippen molar-refractivity contribution in [2.75, 3.05) is 0 Å². The topological polar surface area (TPSA) is 48.5 Å². The van der Waals surface area contributed by atoms with E-state index < -0.39 is 0 Å². The van der Waals surface area contributed by atoms with Gasteiger partial charge in [-0.1, -0.05) is 176 Å². The second-order valence-electron chi connectivity index (χ2n) is 15.6. The maximum Gasteiger partial charge on any atom is 0.165 e. The van der Waals surface area contributed by atoms with Gasteiger partial charge in [-0.05, 0) is 70.8 Å². The molecule has 0 saturated carbocycles. The normalized spacial score (nSPS) is 11.5. The zero-order valence-corrected chi connectivity index (χ0v) is 33.6. The molecular formula is C57H37N5. The van der Waals surface area contributed by atoms with E-state index in [1.54, 1.807) is 0 Å². The molecule has 290 valence electrons.